The van der Waals surface area contributed by atoms with Crippen LogP contribution in [0.3, 0.4) is 0 Å². The first-order valence-electron chi connectivity index (χ1n) is 7.38. The van der Waals surface area contributed by atoms with Crippen LogP contribution in [-0.2, 0) is 0 Å². The second-order valence-electron chi connectivity index (χ2n) is 5.26. The summed E-state index contributed by atoms with van der Waals surface area (Å²) in [6.07, 6.45) is -2.21. The van der Waals surface area contributed by atoms with Crippen LogP contribution < -0.4 is 5.48 Å². The molecule has 0 aliphatic rings. The Bertz CT molecular complexity index is 880. The number of hydrogen-bond donors (Lipinski definition) is 2. The highest BCUT2D eigenvalue weighted by molar-refractivity contribution is 5.97. The zero-order chi connectivity index (χ0) is 20.1. The molecule has 0 bridgehead atoms. The maximum absolute atomic E-state index is 14.0. The van der Waals surface area contributed by atoms with E-state index in [1.807, 2.05) is 0 Å². The fourth-order valence-electron chi connectivity index (χ4n) is 2.16. The molecule has 142 valence electrons. The predicted molar refractivity (Wildman–Crippen MR) is 86.7 cm³/mol. The average Bonchev–Trinajstić information content (AvgIpc) is 2.65. The summed E-state index contributed by atoms with van der Waals surface area (Å²) in [5, 5.41) is 12.7. The van der Waals surface area contributed by atoms with E-state index >= 15 is 0 Å². The van der Waals surface area contributed by atoms with Gasteiger partial charge in [0.25, 0.3) is 18.2 Å². The summed E-state index contributed by atoms with van der Waals surface area (Å²) < 4.78 is 53.9. The monoisotopic (exact) mass is 383 g/mol. The molecule has 0 saturated heterocycles. The lowest BCUT2D eigenvalue weighted by molar-refractivity contribution is 0.0705. The lowest BCUT2D eigenvalue weighted by atomic mass is 10.1. The van der Waals surface area contributed by atoms with Gasteiger partial charge in [-0.15, -0.1) is 0 Å². The Balaban J connectivity index is 2.28. The number of carbonyl (C=O) groups excluding carboxylic acids is 2. The summed E-state index contributed by atoms with van der Waals surface area (Å²) >= 11 is 0. The third-order valence-corrected chi connectivity index (χ3v) is 3.52. The molecule has 2 rings (SSSR count). The predicted octanol–water partition coefficient (Wildman–Crippen LogP) is 3.13. The number of hydroxylamine groups is 1. The van der Waals surface area contributed by atoms with E-state index in [4.69, 9.17) is 5.21 Å². The van der Waals surface area contributed by atoms with Crippen LogP contribution >= 0.6 is 0 Å². The van der Waals surface area contributed by atoms with Crippen LogP contribution in [0.25, 0.3) is 0 Å². The van der Waals surface area contributed by atoms with Crippen LogP contribution in [0.15, 0.2) is 41.5 Å². The maximum Gasteiger partial charge on any atom is 0.274 e. The highest BCUT2D eigenvalue weighted by atomic mass is 19.3. The van der Waals surface area contributed by atoms with Crippen molar-refractivity contribution in [2.45, 2.75) is 6.43 Å². The number of nitrogens with one attached hydrogen (secondary N) is 1. The Kier molecular flexibility index (Phi) is 6.24. The van der Waals surface area contributed by atoms with Gasteiger partial charge in [-0.1, -0.05) is 18.2 Å². The number of carbonyl (C=O) groups is 2. The summed E-state index contributed by atoms with van der Waals surface area (Å²) in [5.74, 6) is -4.37. The molecule has 2 aromatic carbocycles. The molecule has 0 aliphatic carbocycles. The molecule has 0 radical (unpaired) electrons. The molecule has 0 heterocycles. The van der Waals surface area contributed by atoms with Crippen molar-refractivity contribution >= 4 is 18.0 Å². The number of nitrogens with zero attached hydrogens (tertiary/aromatic N) is 2. The molecule has 0 aromatic heterocycles. The number of benzene rings is 2. The first kappa shape index (κ1) is 20.0. The van der Waals surface area contributed by atoms with Crippen LogP contribution in [0, 0.1) is 11.6 Å². The molecule has 0 saturated carbocycles. The number of hydrogen-bond acceptors (Lipinski definition) is 4. The molecule has 27 heavy (non-hydrogen) atoms. The van der Waals surface area contributed by atoms with Crippen LogP contribution in [-0.4, -0.2) is 35.3 Å². The first-order chi connectivity index (χ1) is 12.8. The van der Waals surface area contributed by atoms with Crippen molar-refractivity contribution in [3.63, 3.8) is 0 Å². The minimum absolute atomic E-state index is 0.303. The Labute approximate surface area is 150 Å². The molecular formula is C17H13F4N3O3. The van der Waals surface area contributed by atoms with Gasteiger partial charge in [-0.3, -0.25) is 14.8 Å². The topological polar surface area (TPSA) is 82.0 Å². The Morgan fingerprint density at radius 2 is 1.78 bits per heavy atom. The fraction of sp³-hybridized carbons (Fsp3) is 0.118. The van der Waals surface area contributed by atoms with Gasteiger partial charge in [0, 0.05) is 18.2 Å². The van der Waals surface area contributed by atoms with Crippen LogP contribution in [0.5, 0.6) is 0 Å². The van der Waals surface area contributed by atoms with Gasteiger partial charge in [0.05, 0.1) is 17.3 Å². The van der Waals surface area contributed by atoms with Crippen LogP contribution in [0.1, 0.15) is 38.3 Å². The van der Waals surface area contributed by atoms with E-state index in [1.54, 1.807) is 0 Å². The Morgan fingerprint density at radius 1 is 1.19 bits per heavy atom. The number of amides is 2. The van der Waals surface area contributed by atoms with Gasteiger partial charge < -0.3 is 0 Å². The molecule has 10 heteroatoms. The summed E-state index contributed by atoms with van der Waals surface area (Å²) in [4.78, 5) is 23.4. The molecule has 0 unspecified atom stereocenters. The van der Waals surface area contributed by atoms with E-state index in [0.29, 0.717) is 23.4 Å². The van der Waals surface area contributed by atoms with Crippen molar-refractivity contribution in [2.24, 2.45) is 5.10 Å². The molecule has 0 fully saturated rings. The van der Waals surface area contributed by atoms with Crippen LogP contribution in [0.2, 0.25) is 0 Å². The van der Waals surface area contributed by atoms with E-state index in [9.17, 15) is 27.2 Å². The molecule has 6 nitrogen and oxygen atoms in total. The molecular weight excluding hydrogens is 370 g/mol. The van der Waals surface area contributed by atoms with E-state index in [-0.39, 0.29) is 5.56 Å². The van der Waals surface area contributed by atoms with Gasteiger partial charge in [0.2, 0.25) is 0 Å². The van der Waals surface area contributed by atoms with Gasteiger partial charge in [-0.2, -0.15) is 5.10 Å². The number of alkyl halides is 2. The normalized spacial score (nSPS) is 11.1. The minimum Gasteiger partial charge on any atom is -0.288 e. The lowest BCUT2D eigenvalue weighted by Crippen LogP contribution is -2.23. The van der Waals surface area contributed by atoms with Crippen molar-refractivity contribution in [1.29, 1.82) is 0 Å². The molecule has 2 N–H and O–H groups in total. The van der Waals surface area contributed by atoms with Crippen LogP contribution in [0.4, 0.5) is 17.6 Å². The first-order valence-corrected chi connectivity index (χ1v) is 7.38. The van der Waals surface area contributed by atoms with Gasteiger partial charge in [-0.25, -0.2) is 28.1 Å². The quantitative estimate of drug-likeness (QED) is 0.360. The van der Waals surface area contributed by atoms with Gasteiger partial charge >= 0.3 is 0 Å². The SMILES string of the molecule is CN(/N=C/c1c(F)cc(C(=O)NO)cc1F)C(=O)c1ccccc1C(F)F. The third-order valence-electron chi connectivity index (χ3n) is 3.52. The average molecular weight is 383 g/mol. The standard InChI is InChI=1S/C17H13F4N3O3/c1-24(17(26)11-5-3-2-4-10(11)15(20)21)22-8-12-13(18)6-9(7-14(12)19)16(25)23-27/h2-8,15,27H,1H3,(H,23,25)/b22-8+. The zero-order valence-corrected chi connectivity index (χ0v) is 13.8. The van der Waals surface area contributed by atoms with Crippen molar-refractivity contribution in [3.8, 4) is 0 Å². The Hall–Kier alpha value is -3.27. The summed E-state index contributed by atoms with van der Waals surface area (Å²) in [7, 11) is 1.13. The summed E-state index contributed by atoms with van der Waals surface area (Å²) in [6.45, 7) is 0. The highest BCUT2D eigenvalue weighted by Crippen LogP contribution is 2.23. The van der Waals surface area contributed by atoms with Crippen molar-refractivity contribution in [2.75, 3.05) is 7.05 Å². The third kappa shape index (κ3) is 4.47. The number of hydrazone groups is 1. The molecule has 0 aliphatic heterocycles. The van der Waals surface area contributed by atoms with Gasteiger partial charge in [0.1, 0.15) is 11.6 Å². The van der Waals surface area contributed by atoms with E-state index in [0.717, 1.165) is 13.1 Å². The summed E-state index contributed by atoms with van der Waals surface area (Å²) in [6, 6.07) is 6.31. The fourth-order valence-corrected chi connectivity index (χ4v) is 2.16. The molecule has 0 atom stereocenters. The lowest BCUT2D eigenvalue weighted by Gasteiger charge is -2.14. The largest absolute Gasteiger partial charge is 0.288 e. The second-order valence-corrected chi connectivity index (χ2v) is 5.26. The smallest absolute Gasteiger partial charge is 0.274 e. The second kappa shape index (κ2) is 8.41. The number of halogens is 4. The van der Waals surface area contributed by atoms with Crippen molar-refractivity contribution < 1.29 is 32.4 Å². The highest BCUT2D eigenvalue weighted by Gasteiger charge is 2.20. The van der Waals surface area contributed by atoms with Crippen molar-refractivity contribution in [3.05, 3.63) is 70.3 Å². The van der Waals surface area contributed by atoms with E-state index < -0.39 is 46.6 Å². The summed E-state index contributed by atoms with van der Waals surface area (Å²) in [5.41, 5.74) is -0.702. The zero-order valence-electron chi connectivity index (χ0n) is 13.8. The van der Waals surface area contributed by atoms with E-state index in [1.165, 1.54) is 23.7 Å². The maximum atomic E-state index is 14.0. The molecule has 2 amide bonds. The number of rotatable bonds is 5. The van der Waals surface area contributed by atoms with Gasteiger partial charge in [0.15, 0.2) is 0 Å². The van der Waals surface area contributed by atoms with Gasteiger partial charge in [-0.05, 0) is 18.2 Å². The van der Waals surface area contributed by atoms with E-state index in [2.05, 4.69) is 5.10 Å². The Morgan fingerprint density at radius 3 is 2.33 bits per heavy atom. The minimum atomic E-state index is -2.89. The molecule has 2 aromatic rings. The van der Waals surface area contributed by atoms with Crippen molar-refractivity contribution in [1.82, 2.24) is 10.5 Å². The molecule has 0 spiro atoms.